The van der Waals surface area contributed by atoms with Gasteiger partial charge in [-0.2, -0.15) is 10.3 Å². The van der Waals surface area contributed by atoms with Crippen LogP contribution in [0, 0.1) is 11.5 Å². The van der Waals surface area contributed by atoms with Crippen LogP contribution in [0.15, 0.2) is 4.99 Å². The lowest BCUT2D eigenvalue weighted by molar-refractivity contribution is 0.236. The minimum absolute atomic E-state index is 0.376. The molecule has 0 unspecified atom stereocenters. The fourth-order valence-electron chi connectivity index (χ4n) is 0.448. The molecule has 0 aromatic carbocycles. The van der Waals surface area contributed by atoms with E-state index in [0.717, 1.165) is 0 Å². The normalized spacial score (nSPS) is 10.8. The molecule has 0 aromatic rings. The van der Waals surface area contributed by atoms with Crippen LogP contribution in [0.25, 0.3) is 0 Å². The predicted molar refractivity (Wildman–Crippen MR) is 38.6 cm³/mol. The average molecular weight is 141 g/mol. The first kappa shape index (κ1) is 8.92. The van der Waals surface area contributed by atoms with E-state index in [-0.39, 0.29) is 0 Å². The summed E-state index contributed by atoms with van der Waals surface area (Å²) in [7, 11) is 5.20. The molecule has 0 fully saturated rings. The third-order valence-electron chi connectivity index (χ3n) is 0.969. The third-order valence-corrected chi connectivity index (χ3v) is 0.969. The van der Waals surface area contributed by atoms with E-state index in [1.54, 1.807) is 18.2 Å². The van der Waals surface area contributed by atoms with Gasteiger partial charge in [0.2, 0.25) is 6.19 Å². The Balaban J connectivity index is 4.01. The molecule has 4 heteroatoms. The van der Waals surface area contributed by atoms with Gasteiger partial charge in [-0.3, -0.25) is 0 Å². The highest BCUT2D eigenvalue weighted by molar-refractivity contribution is 5.83. The molecule has 0 aliphatic heterocycles. The molecule has 0 spiro atoms. The molecule has 0 atom stereocenters. The van der Waals surface area contributed by atoms with Crippen molar-refractivity contribution in [2.24, 2.45) is 4.99 Å². The Morgan fingerprint density at radius 2 is 2.30 bits per heavy atom. The Hall–Kier alpha value is -1.08. The number of likely N-dealkylation sites (N-methyl/N-ethyl adjacent to an activating group) is 1. The highest BCUT2D eigenvalue weighted by Crippen LogP contribution is 1.83. The van der Waals surface area contributed by atoms with E-state index >= 15 is 0 Å². The number of aliphatic imine (C=N–C) groups is 1. The summed E-state index contributed by atoms with van der Waals surface area (Å²) in [6.07, 6.45) is 1.70. The molecule has 0 radical (unpaired) electrons. The van der Waals surface area contributed by atoms with E-state index in [2.05, 4.69) is 4.99 Å². The smallest absolute Gasteiger partial charge is 0.207 e. The van der Waals surface area contributed by atoms with Gasteiger partial charge < -0.3 is 9.64 Å². The van der Waals surface area contributed by atoms with Crippen LogP contribution in [-0.4, -0.2) is 38.5 Å². The SMILES string of the molecule is COCC(=NC#N)N(C)C. The zero-order chi connectivity index (χ0) is 7.98. The van der Waals surface area contributed by atoms with Gasteiger partial charge in [-0.1, -0.05) is 0 Å². The molecule has 4 nitrogen and oxygen atoms in total. The van der Waals surface area contributed by atoms with Crippen LogP contribution in [0.4, 0.5) is 0 Å². The largest absolute Gasteiger partial charge is 0.377 e. The Labute approximate surface area is 60.7 Å². The van der Waals surface area contributed by atoms with Crippen LogP contribution in [0.5, 0.6) is 0 Å². The molecular formula is C6H11N3O. The van der Waals surface area contributed by atoms with Crippen molar-refractivity contribution in [3.05, 3.63) is 0 Å². The third kappa shape index (κ3) is 3.05. The molecule has 0 aliphatic rings. The molecule has 0 amide bonds. The number of hydrogen-bond acceptors (Lipinski definition) is 3. The zero-order valence-corrected chi connectivity index (χ0v) is 6.46. The van der Waals surface area contributed by atoms with Gasteiger partial charge in [0.15, 0.2) is 0 Å². The van der Waals surface area contributed by atoms with Gasteiger partial charge in [-0.05, 0) is 0 Å². The summed E-state index contributed by atoms with van der Waals surface area (Å²) in [5, 5.41) is 8.19. The number of amidine groups is 1. The van der Waals surface area contributed by atoms with Crippen molar-refractivity contribution in [3.63, 3.8) is 0 Å². The molecule has 0 saturated carbocycles. The number of ether oxygens (including phenoxy) is 1. The van der Waals surface area contributed by atoms with Crippen molar-refractivity contribution in [1.82, 2.24) is 4.90 Å². The van der Waals surface area contributed by atoms with Crippen molar-refractivity contribution in [1.29, 1.82) is 5.26 Å². The summed E-state index contributed by atoms with van der Waals surface area (Å²) in [5.74, 6) is 0.630. The fraction of sp³-hybridized carbons (Fsp3) is 0.667. The minimum Gasteiger partial charge on any atom is -0.377 e. The summed E-state index contributed by atoms with van der Waals surface area (Å²) in [6.45, 7) is 0.376. The van der Waals surface area contributed by atoms with Crippen molar-refractivity contribution in [2.75, 3.05) is 27.8 Å². The standard InChI is InChI=1S/C6H11N3O/c1-9(2)6(4-10-3)8-5-7/h4H2,1-3H3. The van der Waals surface area contributed by atoms with Crippen LogP contribution >= 0.6 is 0 Å². The second-order valence-electron chi connectivity index (χ2n) is 1.96. The van der Waals surface area contributed by atoms with E-state index in [0.29, 0.717) is 12.4 Å². The van der Waals surface area contributed by atoms with Crippen molar-refractivity contribution < 1.29 is 4.74 Å². The summed E-state index contributed by atoms with van der Waals surface area (Å²) in [6, 6.07) is 0. The van der Waals surface area contributed by atoms with Crippen LogP contribution in [0.3, 0.4) is 0 Å². The van der Waals surface area contributed by atoms with Gasteiger partial charge in [-0.15, -0.1) is 0 Å². The lowest BCUT2D eigenvalue weighted by atomic mass is 10.6. The zero-order valence-electron chi connectivity index (χ0n) is 6.46. The molecule has 0 aromatic heterocycles. The van der Waals surface area contributed by atoms with Gasteiger partial charge in [0, 0.05) is 21.2 Å². The van der Waals surface area contributed by atoms with Gasteiger partial charge in [0.25, 0.3) is 0 Å². The lowest BCUT2D eigenvalue weighted by Crippen LogP contribution is -2.25. The minimum atomic E-state index is 0.376. The summed E-state index contributed by atoms with van der Waals surface area (Å²) in [4.78, 5) is 5.28. The number of methoxy groups -OCH3 is 1. The summed E-state index contributed by atoms with van der Waals surface area (Å²) >= 11 is 0. The van der Waals surface area contributed by atoms with Crippen LogP contribution < -0.4 is 0 Å². The first-order valence-corrected chi connectivity index (χ1v) is 2.84. The van der Waals surface area contributed by atoms with E-state index in [1.165, 1.54) is 0 Å². The average Bonchev–Trinajstić information content (AvgIpc) is 1.87. The number of nitrogens with zero attached hydrogens (tertiary/aromatic N) is 3. The van der Waals surface area contributed by atoms with E-state index in [4.69, 9.17) is 10.00 Å². The molecular weight excluding hydrogens is 130 g/mol. The first-order chi connectivity index (χ1) is 4.72. The number of nitriles is 1. The van der Waals surface area contributed by atoms with Crippen molar-refractivity contribution in [3.8, 4) is 6.19 Å². The molecule has 0 aliphatic carbocycles. The predicted octanol–water partition coefficient (Wildman–Crippen LogP) is 0.0740. The number of rotatable bonds is 2. The maximum absolute atomic E-state index is 8.19. The van der Waals surface area contributed by atoms with Crippen molar-refractivity contribution in [2.45, 2.75) is 0 Å². The Kier molecular flexibility index (Phi) is 4.25. The van der Waals surface area contributed by atoms with Crippen LogP contribution in [0.2, 0.25) is 0 Å². The maximum Gasteiger partial charge on any atom is 0.207 e. The van der Waals surface area contributed by atoms with Gasteiger partial charge in [-0.25, -0.2) is 0 Å². The molecule has 0 heterocycles. The van der Waals surface area contributed by atoms with Crippen molar-refractivity contribution >= 4 is 5.84 Å². The molecule has 56 valence electrons. The lowest BCUT2D eigenvalue weighted by Gasteiger charge is -2.12. The van der Waals surface area contributed by atoms with Gasteiger partial charge in [0.05, 0.1) is 0 Å². The fourth-order valence-corrected chi connectivity index (χ4v) is 0.448. The second kappa shape index (κ2) is 4.77. The number of hydrogen-bond donors (Lipinski definition) is 0. The Bertz CT molecular complexity index is 157. The maximum atomic E-state index is 8.19. The quantitative estimate of drug-likeness (QED) is 0.311. The molecule has 0 saturated heterocycles. The monoisotopic (exact) mass is 141 g/mol. The molecule has 10 heavy (non-hydrogen) atoms. The van der Waals surface area contributed by atoms with Gasteiger partial charge in [0.1, 0.15) is 12.4 Å². The van der Waals surface area contributed by atoms with Crippen LogP contribution in [0.1, 0.15) is 0 Å². The first-order valence-electron chi connectivity index (χ1n) is 2.84. The highest BCUT2D eigenvalue weighted by Gasteiger charge is 1.98. The van der Waals surface area contributed by atoms with Crippen LogP contribution in [-0.2, 0) is 4.74 Å². The van der Waals surface area contributed by atoms with E-state index < -0.39 is 0 Å². The molecule has 0 N–H and O–H groups in total. The second-order valence-corrected chi connectivity index (χ2v) is 1.96. The highest BCUT2D eigenvalue weighted by atomic mass is 16.5. The van der Waals surface area contributed by atoms with E-state index in [1.807, 2.05) is 14.1 Å². The summed E-state index contributed by atoms with van der Waals surface area (Å²) < 4.78 is 4.79. The van der Waals surface area contributed by atoms with E-state index in [9.17, 15) is 0 Å². The van der Waals surface area contributed by atoms with Gasteiger partial charge >= 0.3 is 0 Å². The molecule has 0 rings (SSSR count). The Morgan fingerprint density at radius 1 is 1.70 bits per heavy atom. The Morgan fingerprint density at radius 3 is 2.60 bits per heavy atom. The summed E-state index contributed by atoms with van der Waals surface area (Å²) in [5.41, 5.74) is 0. The topological polar surface area (TPSA) is 48.6 Å². The molecule has 0 bridgehead atoms.